The Morgan fingerprint density at radius 1 is 1.20 bits per heavy atom. The predicted molar refractivity (Wildman–Crippen MR) is 53.3 cm³/mol. The molecule has 5 N–H and O–H groups in total. The number of carbonyl (C=O) groups is 2. The Kier molecular flexibility index (Phi) is 5.17. The molecule has 1 rings (SSSR count). The smallest absolute Gasteiger partial charge is 0.335 e. The van der Waals surface area contributed by atoms with Crippen molar-refractivity contribution >= 4 is 18.3 Å². The van der Waals surface area contributed by atoms with Crippen molar-refractivity contribution in [1.29, 1.82) is 5.41 Å². The molecule has 0 aliphatic heterocycles. The number of hydrogen-bond donors (Lipinski definition) is 4. The highest BCUT2D eigenvalue weighted by atomic mass is 16.4. The molecule has 0 heterocycles. The maximum atomic E-state index is 10.4. The molecule has 6 heteroatoms. The van der Waals surface area contributed by atoms with E-state index in [4.69, 9.17) is 15.6 Å². The highest BCUT2D eigenvalue weighted by molar-refractivity contribution is 5.93. The van der Waals surface area contributed by atoms with Crippen LogP contribution in [0.1, 0.15) is 20.7 Å². The van der Waals surface area contributed by atoms with Gasteiger partial charge in [-0.15, -0.1) is 0 Å². The summed E-state index contributed by atoms with van der Waals surface area (Å²) in [5, 5.41) is 22.9. The van der Waals surface area contributed by atoms with E-state index in [-0.39, 0.29) is 11.1 Å². The fourth-order valence-corrected chi connectivity index (χ4v) is 0.785. The van der Waals surface area contributed by atoms with Gasteiger partial charge in [-0.1, -0.05) is 6.07 Å². The molecule has 1 aromatic rings. The summed E-state index contributed by atoms with van der Waals surface area (Å²) >= 11 is 0. The molecule has 0 amide bonds. The molecular formula is C9H10N2O4. The molecule has 0 aliphatic rings. The molecule has 1 aromatic carbocycles. The highest BCUT2D eigenvalue weighted by Gasteiger charge is 2.06. The van der Waals surface area contributed by atoms with Gasteiger partial charge in [0, 0.05) is 0 Å². The topological polar surface area (TPSA) is 124 Å². The summed E-state index contributed by atoms with van der Waals surface area (Å²) in [6.07, 6.45) is 0.750. The summed E-state index contributed by atoms with van der Waals surface area (Å²) in [4.78, 5) is 20.8. The van der Waals surface area contributed by atoms with Crippen LogP contribution in [0.4, 0.5) is 0 Å². The Morgan fingerprint density at radius 3 is 1.80 bits per heavy atom. The number of rotatable bonds is 2. The van der Waals surface area contributed by atoms with Crippen LogP contribution in [0, 0.1) is 5.41 Å². The van der Waals surface area contributed by atoms with Crippen molar-refractivity contribution in [3.63, 3.8) is 0 Å². The lowest BCUT2D eigenvalue weighted by atomic mass is 10.1. The summed E-state index contributed by atoms with van der Waals surface area (Å²) in [5.74, 6) is -2.25. The van der Waals surface area contributed by atoms with Crippen LogP contribution in [0.25, 0.3) is 0 Å². The zero-order valence-electron chi connectivity index (χ0n) is 7.68. The van der Waals surface area contributed by atoms with Gasteiger partial charge in [0.15, 0.2) is 0 Å². The second kappa shape index (κ2) is 6.14. The quantitative estimate of drug-likeness (QED) is 0.421. The van der Waals surface area contributed by atoms with Crippen molar-refractivity contribution < 1.29 is 19.8 Å². The third-order valence-corrected chi connectivity index (χ3v) is 1.36. The van der Waals surface area contributed by atoms with Crippen molar-refractivity contribution in [2.24, 2.45) is 5.73 Å². The summed E-state index contributed by atoms with van der Waals surface area (Å²) in [6, 6.07) is 5.20. The zero-order valence-corrected chi connectivity index (χ0v) is 7.68. The van der Waals surface area contributed by atoms with Gasteiger partial charge >= 0.3 is 11.9 Å². The third kappa shape index (κ3) is 4.41. The largest absolute Gasteiger partial charge is 0.478 e. The Bertz CT molecular complexity index is 347. The van der Waals surface area contributed by atoms with E-state index in [9.17, 15) is 9.59 Å². The summed E-state index contributed by atoms with van der Waals surface area (Å²) in [6.45, 7) is 0. The minimum absolute atomic E-state index is 0.0186. The number of benzene rings is 1. The standard InChI is InChI=1S/C8H6O4.CH4N2/c9-7(10)5-2-1-3-6(4-5)8(11)12;2-1-3/h1-4H,(H,9,10)(H,11,12);1H,(H3,2,3). The van der Waals surface area contributed by atoms with E-state index >= 15 is 0 Å². The van der Waals surface area contributed by atoms with Crippen molar-refractivity contribution in [3.8, 4) is 0 Å². The van der Waals surface area contributed by atoms with E-state index < -0.39 is 11.9 Å². The SMILES string of the molecule is N=CN.O=C(O)c1cccc(C(=O)O)c1. The Balaban J connectivity index is 0.000000583. The molecule has 0 aromatic heterocycles. The minimum atomic E-state index is -1.13. The third-order valence-electron chi connectivity index (χ3n) is 1.36. The van der Waals surface area contributed by atoms with Crippen LogP contribution in [-0.4, -0.2) is 28.5 Å². The zero-order chi connectivity index (χ0) is 11.8. The van der Waals surface area contributed by atoms with E-state index in [1.807, 2.05) is 0 Å². The summed E-state index contributed by atoms with van der Waals surface area (Å²) in [5.41, 5.74) is 4.35. The number of carboxylic acids is 2. The first-order valence-electron chi connectivity index (χ1n) is 3.80. The number of nitrogens with two attached hydrogens (primary N) is 1. The van der Waals surface area contributed by atoms with Crippen LogP contribution < -0.4 is 5.73 Å². The Hall–Kier alpha value is -2.37. The Labute approximate surface area is 85.5 Å². The number of nitrogens with one attached hydrogen (secondary N) is 1. The van der Waals surface area contributed by atoms with Gasteiger partial charge in [0.1, 0.15) is 0 Å². The van der Waals surface area contributed by atoms with Gasteiger partial charge in [0.25, 0.3) is 0 Å². The molecule has 80 valence electrons. The van der Waals surface area contributed by atoms with Crippen molar-refractivity contribution in [2.45, 2.75) is 0 Å². The van der Waals surface area contributed by atoms with E-state index in [0.29, 0.717) is 0 Å². The van der Waals surface area contributed by atoms with Gasteiger partial charge in [-0.25, -0.2) is 9.59 Å². The average Bonchev–Trinajstić information content (AvgIpc) is 2.19. The van der Waals surface area contributed by atoms with E-state index in [2.05, 4.69) is 5.73 Å². The van der Waals surface area contributed by atoms with Crippen LogP contribution in [-0.2, 0) is 0 Å². The average molecular weight is 210 g/mol. The van der Waals surface area contributed by atoms with Gasteiger partial charge in [0.05, 0.1) is 17.5 Å². The van der Waals surface area contributed by atoms with Crippen LogP contribution in [0.2, 0.25) is 0 Å². The van der Waals surface area contributed by atoms with Gasteiger partial charge < -0.3 is 15.9 Å². The molecule has 0 atom stereocenters. The Morgan fingerprint density at radius 2 is 1.53 bits per heavy atom. The maximum absolute atomic E-state index is 10.4. The van der Waals surface area contributed by atoms with Gasteiger partial charge in [-0.3, -0.25) is 5.41 Å². The number of aromatic carboxylic acids is 2. The molecular weight excluding hydrogens is 200 g/mol. The van der Waals surface area contributed by atoms with E-state index in [1.54, 1.807) is 0 Å². The lowest BCUT2D eigenvalue weighted by Crippen LogP contribution is -2.01. The molecule has 0 fully saturated rings. The normalized spacial score (nSPS) is 8.27. The van der Waals surface area contributed by atoms with Gasteiger partial charge in [-0.2, -0.15) is 0 Å². The molecule has 0 saturated heterocycles. The molecule has 0 bridgehead atoms. The first kappa shape index (κ1) is 12.6. The molecule has 0 unspecified atom stereocenters. The lowest BCUT2D eigenvalue weighted by molar-refractivity contribution is 0.0696. The first-order valence-corrected chi connectivity index (χ1v) is 3.80. The summed E-state index contributed by atoms with van der Waals surface area (Å²) < 4.78 is 0. The second-order valence-electron chi connectivity index (χ2n) is 2.36. The summed E-state index contributed by atoms with van der Waals surface area (Å²) in [7, 11) is 0. The van der Waals surface area contributed by atoms with Crippen molar-refractivity contribution in [3.05, 3.63) is 35.4 Å². The molecule has 15 heavy (non-hydrogen) atoms. The van der Waals surface area contributed by atoms with Crippen LogP contribution >= 0.6 is 0 Å². The van der Waals surface area contributed by atoms with Crippen molar-refractivity contribution in [2.75, 3.05) is 0 Å². The molecule has 0 saturated carbocycles. The van der Waals surface area contributed by atoms with E-state index in [1.165, 1.54) is 18.2 Å². The number of carboxylic acid groups (broad SMARTS) is 2. The molecule has 6 nitrogen and oxygen atoms in total. The number of hydrogen-bond acceptors (Lipinski definition) is 3. The monoisotopic (exact) mass is 210 g/mol. The van der Waals surface area contributed by atoms with Gasteiger partial charge in [0.2, 0.25) is 0 Å². The second-order valence-corrected chi connectivity index (χ2v) is 2.36. The van der Waals surface area contributed by atoms with Crippen LogP contribution in [0.3, 0.4) is 0 Å². The fourth-order valence-electron chi connectivity index (χ4n) is 0.785. The molecule has 0 spiro atoms. The molecule has 0 aliphatic carbocycles. The maximum Gasteiger partial charge on any atom is 0.335 e. The molecule has 0 radical (unpaired) electrons. The lowest BCUT2D eigenvalue weighted by Gasteiger charge is -1.95. The minimum Gasteiger partial charge on any atom is -0.478 e. The van der Waals surface area contributed by atoms with Gasteiger partial charge in [-0.05, 0) is 18.2 Å². The fraction of sp³-hybridized carbons (Fsp3) is 0. The van der Waals surface area contributed by atoms with Crippen molar-refractivity contribution in [1.82, 2.24) is 0 Å². The van der Waals surface area contributed by atoms with E-state index in [0.717, 1.165) is 12.4 Å². The highest BCUT2D eigenvalue weighted by Crippen LogP contribution is 2.04. The van der Waals surface area contributed by atoms with Crippen LogP contribution in [0.15, 0.2) is 24.3 Å². The first-order chi connectivity index (χ1) is 7.02. The predicted octanol–water partition coefficient (Wildman–Crippen LogP) is 0.635. The van der Waals surface area contributed by atoms with Crippen LogP contribution in [0.5, 0.6) is 0 Å².